The molecule has 0 saturated heterocycles. The summed E-state index contributed by atoms with van der Waals surface area (Å²) in [5, 5.41) is 7.32. The van der Waals surface area contributed by atoms with Crippen molar-refractivity contribution in [3.8, 4) is 11.5 Å². The Morgan fingerprint density at radius 3 is 2.35 bits per heavy atom. The molecule has 0 bridgehead atoms. The van der Waals surface area contributed by atoms with Crippen molar-refractivity contribution in [3.63, 3.8) is 0 Å². The second-order valence-electron chi connectivity index (χ2n) is 8.07. The molecule has 3 rings (SSSR count). The number of esters is 1. The molecular formula is C27H25Cl2N3O5. The summed E-state index contributed by atoms with van der Waals surface area (Å²) in [6.07, 6.45) is 1.43. The first kappa shape index (κ1) is 27.7. The van der Waals surface area contributed by atoms with Crippen LogP contribution < -0.4 is 20.2 Å². The number of hydrogen-bond acceptors (Lipinski definition) is 6. The second-order valence-corrected chi connectivity index (χ2v) is 8.92. The number of anilines is 1. The molecule has 8 nitrogen and oxygen atoms in total. The van der Waals surface area contributed by atoms with Crippen LogP contribution in [-0.2, 0) is 4.79 Å². The van der Waals surface area contributed by atoms with Crippen LogP contribution in [0.5, 0.6) is 11.5 Å². The maximum atomic E-state index is 12.6. The normalized spacial score (nSPS) is 10.9. The van der Waals surface area contributed by atoms with Gasteiger partial charge < -0.3 is 14.8 Å². The third kappa shape index (κ3) is 7.80. The average molecular weight is 542 g/mol. The van der Waals surface area contributed by atoms with Gasteiger partial charge in [-0.1, -0.05) is 37.0 Å². The lowest BCUT2D eigenvalue weighted by Gasteiger charge is -2.12. The standard InChI is InChI=1S/C27H25Cl2N3O5/c1-4-36-24-13-17(5-12-23(24)37-27(35)21-11-8-19(28)14-22(21)29)15-30-32-26(34)18-6-9-20(10-7-18)31-25(33)16(2)3/h5-16H,4H2,1-3H3,(H,31,33)(H,32,34). The summed E-state index contributed by atoms with van der Waals surface area (Å²) in [5.74, 6) is -0.829. The van der Waals surface area contributed by atoms with Crippen molar-refractivity contribution >= 4 is 52.9 Å². The molecule has 3 aromatic rings. The number of ether oxygens (including phenoxy) is 2. The van der Waals surface area contributed by atoms with E-state index in [-0.39, 0.29) is 28.2 Å². The van der Waals surface area contributed by atoms with Crippen LogP contribution in [0.15, 0.2) is 65.8 Å². The average Bonchev–Trinajstić information content (AvgIpc) is 2.86. The lowest BCUT2D eigenvalue weighted by molar-refractivity contribution is -0.118. The molecule has 2 N–H and O–H groups in total. The summed E-state index contributed by atoms with van der Waals surface area (Å²) < 4.78 is 11.1. The summed E-state index contributed by atoms with van der Waals surface area (Å²) in [6, 6.07) is 15.8. The van der Waals surface area contributed by atoms with Gasteiger partial charge in [-0.25, -0.2) is 10.2 Å². The molecule has 0 saturated carbocycles. The predicted octanol–water partition coefficient (Wildman–Crippen LogP) is 5.97. The van der Waals surface area contributed by atoms with Gasteiger partial charge in [0.25, 0.3) is 5.91 Å². The monoisotopic (exact) mass is 541 g/mol. The molecule has 0 fully saturated rings. The highest BCUT2D eigenvalue weighted by Crippen LogP contribution is 2.30. The number of benzene rings is 3. The van der Waals surface area contributed by atoms with Crippen LogP contribution in [0, 0.1) is 5.92 Å². The molecule has 0 aliphatic rings. The van der Waals surface area contributed by atoms with E-state index in [2.05, 4.69) is 15.8 Å². The van der Waals surface area contributed by atoms with Gasteiger partial charge in [0.05, 0.1) is 23.4 Å². The lowest BCUT2D eigenvalue weighted by Crippen LogP contribution is -2.19. The summed E-state index contributed by atoms with van der Waals surface area (Å²) >= 11 is 12.0. The Kier molecular flexibility index (Phi) is 9.65. The van der Waals surface area contributed by atoms with Crippen molar-refractivity contribution in [2.75, 3.05) is 11.9 Å². The van der Waals surface area contributed by atoms with Gasteiger partial charge >= 0.3 is 5.97 Å². The maximum absolute atomic E-state index is 12.6. The summed E-state index contributed by atoms with van der Waals surface area (Å²) in [5.41, 5.74) is 4.18. The SMILES string of the molecule is CCOc1cc(C=NNC(=O)c2ccc(NC(=O)C(C)C)cc2)ccc1OC(=O)c1ccc(Cl)cc1Cl. The Bertz CT molecular complexity index is 1320. The molecule has 0 aliphatic carbocycles. The smallest absolute Gasteiger partial charge is 0.345 e. The van der Waals surface area contributed by atoms with Crippen LogP contribution in [0.1, 0.15) is 47.1 Å². The van der Waals surface area contributed by atoms with Gasteiger partial charge in [-0.15, -0.1) is 0 Å². The van der Waals surface area contributed by atoms with E-state index in [0.29, 0.717) is 34.2 Å². The van der Waals surface area contributed by atoms with Crippen molar-refractivity contribution in [2.24, 2.45) is 11.0 Å². The van der Waals surface area contributed by atoms with E-state index in [1.54, 1.807) is 69.3 Å². The van der Waals surface area contributed by atoms with E-state index in [9.17, 15) is 14.4 Å². The molecule has 0 unspecified atom stereocenters. The molecular weight excluding hydrogens is 517 g/mol. The van der Waals surface area contributed by atoms with Crippen molar-refractivity contribution < 1.29 is 23.9 Å². The van der Waals surface area contributed by atoms with Crippen LogP contribution >= 0.6 is 23.2 Å². The number of nitrogens with zero attached hydrogens (tertiary/aromatic N) is 1. The first-order chi connectivity index (χ1) is 17.7. The zero-order chi connectivity index (χ0) is 26.9. The number of carbonyl (C=O) groups excluding carboxylic acids is 3. The van der Waals surface area contributed by atoms with Crippen LogP contribution in [-0.4, -0.2) is 30.6 Å². The van der Waals surface area contributed by atoms with Gasteiger partial charge in [0, 0.05) is 22.2 Å². The molecule has 0 spiro atoms. The molecule has 2 amide bonds. The fourth-order valence-corrected chi connectivity index (χ4v) is 3.47. The predicted molar refractivity (Wildman–Crippen MR) is 144 cm³/mol. The maximum Gasteiger partial charge on any atom is 0.345 e. The quantitative estimate of drug-likeness (QED) is 0.150. The molecule has 0 aromatic heterocycles. The third-order valence-corrected chi connectivity index (χ3v) is 5.49. The van der Waals surface area contributed by atoms with Crippen LogP contribution in [0.4, 0.5) is 5.69 Å². The number of carbonyl (C=O) groups is 3. The van der Waals surface area contributed by atoms with E-state index < -0.39 is 11.9 Å². The molecule has 192 valence electrons. The molecule has 0 radical (unpaired) electrons. The molecule has 0 heterocycles. The Labute approximate surface area is 224 Å². The highest BCUT2D eigenvalue weighted by molar-refractivity contribution is 6.36. The Hall–Kier alpha value is -3.88. The van der Waals surface area contributed by atoms with Gasteiger partial charge in [-0.3, -0.25) is 9.59 Å². The Balaban J connectivity index is 1.65. The van der Waals surface area contributed by atoms with Gasteiger partial charge in [0.1, 0.15) is 0 Å². The number of nitrogens with one attached hydrogen (secondary N) is 2. The van der Waals surface area contributed by atoms with Crippen molar-refractivity contribution in [1.29, 1.82) is 0 Å². The fraction of sp³-hybridized carbons (Fsp3) is 0.185. The number of hydrazone groups is 1. The molecule has 0 aliphatic heterocycles. The van der Waals surface area contributed by atoms with Crippen molar-refractivity contribution in [3.05, 3.63) is 87.4 Å². The van der Waals surface area contributed by atoms with E-state index >= 15 is 0 Å². The fourth-order valence-electron chi connectivity index (χ4n) is 2.99. The van der Waals surface area contributed by atoms with E-state index in [4.69, 9.17) is 32.7 Å². The first-order valence-electron chi connectivity index (χ1n) is 11.4. The van der Waals surface area contributed by atoms with Crippen LogP contribution in [0.3, 0.4) is 0 Å². The topological polar surface area (TPSA) is 106 Å². The first-order valence-corrected chi connectivity index (χ1v) is 12.1. The lowest BCUT2D eigenvalue weighted by atomic mass is 10.1. The number of rotatable bonds is 9. The van der Waals surface area contributed by atoms with Crippen molar-refractivity contribution in [2.45, 2.75) is 20.8 Å². The van der Waals surface area contributed by atoms with Crippen molar-refractivity contribution in [1.82, 2.24) is 5.43 Å². The number of halogens is 2. The van der Waals surface area contributed by atoms with Crippen LogP contribution in [0.2, 0.25) is 10.0 Å². The molecule has 3 aromatic carbocycles. The zero-order valence-corrected chi connectivity index (χ0v) is 21.9. The minimum Gasteiger partial charge on any atom is -0.490 e. The second kappa shape index (κ2) is 12.9. The van der Waals surface area contributed by atoms with Gasteiger partial charge in [-0.2, -0.15) is 5.10 Å². The summed E-state index contributed by atoms with van der Waals surface area (Å²) in [7, 11) is 0. The number of hydrogen-bond donors (Lipinski definition) is 2. The van der Waals surface area contributed by atoms with Crippen LogP contribution in [0.25, 0.3) is 0 Å². The van der Waals surface area contributed by atoms with Gasteiger partial charge in [-0.05, 0) is 73.2 Å². The zero-order valence-electron chi connectivity index (χ0n) is 20.4. The third-order valence-electron chi connectivity index (χ3n) is 4.94. The highest BCUT2D eigenvalue weighted by atomic mass is 35.5. The highest BCUT2D eigenvalue weighted by Gasteiger charge is 2.16. The molecule has 0 atom stereocenters. The van der Waals surface area contributed by atoms with Gasteiger partial charge in [0.2, 0.25) is 5.91 Å². The Morgan fingerprint density at radius 2 is 1.70 bits per heavy atom. The van der Waals surface area contributed by atoms with E-state index in [1.807, 2.05) is 0 Å². The van der Waals surface area contributed by atoms with Gasteiger partial charge in [0.15, 0.2) is 11.5 Å². The minimum absolute atomic E-state index is 0.109. The number of amides is 2. The Morgan fingerprint density at radius 1 is 0.973 bits per heavy atom. The molecule has 10 heteroatoms. The minimum atomic E-state index is -0.661. The van der Waals surface area contributed by atoms with E-state index in [0.717, 1.165) is 0 Å². The summed E-state index contributed by atoms with van der Waals surface area (Å²) in [6.45, 7) is 5.72. The van der Waals surface area contributed by atoms with E-state index in [1.165, 1.54) is 18.3 Å². The largest absolute Gasteiger partial charge is 0.490 e. The summed E-state index contributed by atoms with van der Waals surface area (Å²) in [4.78, 5) is 36.7. The molecule has 37 heavy (non-hydrogen) atoms.